The van der Waals surface area contributed by atoms with Gasteiger partial charge in [0.25, 0.3) is 0 Å². The molecule has 0 aliphatic carbocycles. The third kappa shape index (κ3) is 4.24. The molecule has 0 amide bonds. The van der Waals surface area contributed by atoms with E-state index in [1.54, 1.807) is 0 Å². The predicted octanol–water partition coefficient (Wildman–Crippen LogP) is -1.09. The summed E-state index contributed by atoms with van der Waals surface area (Å²) in [5.41, 5.74) is 0. The van der Waals surface area contributed by atoms with Gasteiger partial charge in [-0.25, -0.2) is 14.7 Å². The van der Waals surface area contributed by atoms with E-state index in [0.29, 0.717) is 0 Å². The summed E-state index contributed by atoms with van der Waals surface area (Å²) in [5, 5.41) is 8.99. The zero-order valence-corrected chi connectivity index (χ0v) is 5.87. The molecule has 0 aliphatic heterocycles. The van der Waals surface area contributed by atoms with Crippen LogP contribution in [-0.2, 0) is 10.3 Å². The zero-order valence-electron chi connectivity index (χ0n) is 5.64. The van der Waals surface area contributed by atoms with E-state index in [9.17, 15) is 8.42 Å². The van der Waals surface area contributed by atoms with E-state index in [2.05, 4.69) is 0 Å². The van der Waals surface area contributed by atoms with Crippen molar-refractivity contribution in [3.63, 3.8) is 0 Å². The van der Waals surface area contributed by atoms with E-state index in [1.807, 2.05) is 0 Å². The smallest absolute Gasteiger partial charge is 1.00 e. The van der Waals surface area contributed by atoms with Gasteiger partial charge in [0.2, 0.25) is 0 Å². The van der Waals surface area contributed by atoms with Gasteiger partial charge >= 0.3 is 33.4 Å². The van der Waals surface area contributed by atoms with Crippen molar-refractivity contribution in [1.82, 2.24) is 0 Å². The molecule has 8 heteroatoms. The predicted molar refractivity (Wildman–Crippen MR) is 26.5 cm³/mol. The van der Waals surface area contributed by atoms with E-state index in [-0.39, 0.29) is 25.9 Å². The Labute approximate surface area is 64.0 Å². The van der Waals surface area contributed by atoms with Gasteiger partial charge < -0.3 is 2.85 Å². The van der Waals surface area contributed by atoms with Crippen molar-refractivity contribution < 1.29 is 20.2 Å². The number of nitro groups is 1. The molecule has 0 aromatic heterocycles. The standard InChI is InChI=1S/Mg.HNO5S.2H/c;2-1(3)7(4,5)6;;/h;(H,4,5,6);;/q+2;;2*-1. The first-order chi connectivity index (χ1) is 2.94. The molecule has 0 saturated heterocycles. The van der Waals surface area contributed by atoms with Gasteiger partial charge in [0.1, 0.15) is 0 Å². The Morgan fingerprint density at radius 3 is 1.75 bits per heavy atom. The minimum Gasteiger partial charge on any atom is -1.00 e. The minimum atomic E-state index is -5.02. The molecule has 0 unspecified atom stereocenters. The Morgan fingerprint density at radius 2 is 1.75 bits per heavy atom. The van der Waals surface area contributed by atoms with Crippen LogP contribution in [0.2, 0.25) is 0 Å². The molecule has 0 saturated carbocycles. The molecule has 0 aromatic rings. The fourth-order valence-electron chi connectivity index (χ4n) is 0. The number of hydrogen-bond donors (Lipinski definition) is 1. The third-order valence-corrected chi connectivity index (χ3v) is 0.565. The molecule has 46 valence electrons. The van der Waals surface area contributed by atoms with Crippen molar-refractivity contribution in [1.29, 1.82) is 0 Å². The van der Waals surface area contributed by atoms with Crippen LogP contribution in [0.15, 0.2) is 0 Å². The van der Waals surface area contributed by atoms with Gasteiger partial charge in [-0.15, -0.1) is 8.42 Å². The first-order valence-electron chi connectivity index (χ1n) is 1.06. The van der Waals surface area contributed by atoms with E-state index < -0.39 is 14.6 Å². The summed E-state index contributed by atoms with van der Waals surface area (Å²) < 4.78 is 24.0. The first-order valence-corrected chi connectivity index (χ1v) is 2.46. The van der Waals surface area contributed by atoms with Crippen molar-refractivity contribution in [2.75, 3.05) is 0 Å². The maximum Gasteiger partial charge on any atom is 2.00 e. The van der Waals surface area contributed by atoms with Crippen LogP contribution < -0.4 is 0 Å². The van der Waals surface area contributed by atoms with Crippen LogP contribution in [0.5, 0.6) is 0 Å². The quantitative estimate of drug-likeness (QED) is 0.223. The van der Waals surface area contributed by atoms with Crippen LogP contribution in [0.4, 0.5) is 0 Å². The van der Waals surface area contributed by atoms with Crippen LogP contribution in [0.3, 0.4) is 0 Å². The van der Waals surface area contributed by atoms with Crippen LogP contribution in [0.25, 0.3) is 0 Å². The summed E-state index contributed by atoms with van der Waals surface area (Å²) in [4.78, 5) is 8.99. The average molecular weight is 153 g/mol. The van der Waals surface area contributed by atoms with Crippen LogP contribution in [-0.4, -0.2) is 40.4 Å². The van der Waals surface area contributed by atoms with Crippen LogP contribution >= 0.6 is 0 Å². The van der Waals surface area contributed by atoms with Crippen molar-refractivity contribution in [3.8, 4) is 0 Å². The summed E-state index contributed by atoms with van der Waals surface area (Å²) in [6, 6.07) is 0. The molecule has 0 spiro atoms. The molecule has 0 bridgehead atoms. The Bertz CT molecular complexity index is 174. The normalized spacial score (nSPS) is 9.62. The van der Waals surface area contributed by atoms with E-state index in [0.717, 1.165) is 0 Å². The summed E-state index contributed by atoms with van der Waals surface area (Å²) in [6.07, 6.45) is 0. The fraction of sp³-hybridized carbons (Fsp3) is 0. The fourth-order valence-corrected chi connectivity index (χ4v) is 0. The van der Waals surface area contributed by atoms with E-state index in [4.69, 9.17) is 14.7 Å². The Hall–Kier alpha value is 0.0762. The molecule has 0 heterocycles. The SMILES string of the molecule is O=[N+]([O-])S(=O)(=O)O.[H-].[H-].[Mg+2]. The van der Waals surface area contributed by atoms with E-state index in [1.165, 1.54) is 0 Å². The summed E-state index contributed by atoms with van der Waals surface area (Å²) in [7, 11) is -5.02. The van der Waals surface area contributed by atoms with Crippen molar-refractivity contribution >= 4 is 33.4 Å². The van der Waals surface area contributed by atoms with Crippen molar-refractivity contribution in [2.45, 2.75) is 0 Å². The second kappa shape index (κ2) is 3.17. The molecule has 8 heavy (non-hydrogen) atoms. The second-order valence-corrected chi connectivity index (χ2v) is 1.87. The molecular weight excluding hydrogens is 150 g/mol. The molecule has 0 fully saturated rings. The van der Waals surface area contributed by atoms with Gasteiger partial charge in [0, 0.05) is 0 Å². The maximum absolute atomic E-state index is 9.19. The molecule has 0 aliphatic rings. The first kappa shape index (κ1) is 11.0. The van der Waals surface area contributed by atoms with Gasteiger partial charge in [-0.3, -0.25) is 0 Å². The number of hydrogen-bond acceptors (Lipinski definition) is 4. The van der Waals surface area contributed by atoms with Gasteiger partial charge in [-0.2, -0.15) is 0 Å². The molecule has 0 rings (SSSR count). The largest absolute Gasteiger partial charge is 2.00 e. The number of nitrogens with zero attached hydrogens (tertiary/aromatic N) is 1. The molecule has 0 radical (unpaired) electrons. The maximum atomic E-state index is 9.19. The molecule has 6 nitrogen and oxygen atoms in total. The number of rotatable bonds is 1. The van der Waals surface area contributed by atoms with Crippen molar-refractivity contribution in [2.24, 2.45) is 0 Å². The second-order valence-electron chi connectivity index (χ2n) is 0.671. The van der Waals surface area contributed by atoms with Gasteiger partial charge in [0.15, 0.2) is 4.33 Å². The minimum absolute atomic E-state index is 0. The zero-order chi connectivity index (χ0) is 6.08. The Morgan fingerprint density at radius 1 is 1.62 bits per heavy atom. The third-order valence-electron chi connectivity index (χ3n) is 0.188. The van der Waals surface area contributed by atoms with Crippen LogP contribution in [0.1, 0.15) is 2.85 Å². The topological polar surface area (TPSA) is 97.5 Å². The van der Waals surface area contributed by atoms with E-state index >= 15 is 0 Å². The van der Waals surface area contributed by atoms with Gasteiger partial charge in [0.05, 0.1) is 0 Å². The monoisotopic (exact) mass is 153 g/mol. The van der Waals surface area contributed by atoms with Crippen LogP contribution in [0, 0.1) is 10.1 Å². The van der Waals surface area contributed by atoms with Gasteiger partial charge in [-0.05, 0) is 0 Å². The molecule has 0 aromatic carbocycles. The summed E-state index contributed by atoms with van der Waals surface area (Å²) >= 11 is 0. The Balaban J connectivity index is -0.0000000600. The Kier molecular flexibility index (Phi) is 4.34. The molecule has 0 atom stereocenters. The summed E-state index contributed by atoms with van der Waals surface area (Å²) in [5.74, 6) is 0. The average Bonchev–Trinajstić information content (AvgIpc) is 1.31. The molecule has 1 N–H and O–H groups in total. The summed E-state index contributed by atoms with van der Waals surface area (Å²) in [6.45, 7) is 0. The van der Waals surface area contributed by atoms with Crippen molar-refractivity contribution in [3.05, 3.63) is 10.1 Å². The van der Waals surface area contributed by atoms with Gasteiger partial charge in [-0.1, -0.05) is 0 Å². The molecular formula is H3MgNO5S.